The fraction of sp³-hybridized carbons (Fsp3) is 0.538. The van der Waals surface area contributed by atoms with Gasteiger partial charge >= 0.3 is 0 Å². The lowest BCUT2D eigenvalue weighted by atomic mass is 10.1. The van der Waals surface area contributed by atoms with E-state index in [9.17, 15) is 8.78 Å². The minimum Gasteiger partial charge on any atom is -0.323 e. The predicted molar refractivity (Wildman–Crippen MR) is 69.3 cm³/mol. The number of rotatable bonds is 6. The summed E-state index contributed by atoms with van der Waals surface area (Å²) in [4.78, 5) is 4.07. The van der Waals surface area contributed by atoms with Crippen LogP contribution in [0.3, 0.4) is 0 Å². The minimum atomic E-state index is -0.848. The van der Waals surface area contributed by atoms with Crippen LogP contribution in [0.25, 0.3) is 0 Å². The van der Waals surface area contributed by atoms with Crippen molar-refractivity contribution in [1.29, 1.82) is 0 Å². The quantitative estimate of drug-likeness (QED) is 0.837. The Morgan fingerprint density at radius 3 is 2.44 bits per heavy atom. The smallest absolute Gasteiger partial charge is 0.163 e. The third-order valence-electron chi connectivity index (χ3n) is 2.82. The lowest BCUT2D eigenvalue weighted by molar-refractivity contribution is 0.267. The number of benzene rings is 1. The molecule has 1 aromatic rings. The van der Waals surface area contributed by atoms with Crippen LogP contribution in [0.2, 0.25) is 0 Å². The molecule has 1 rings (SSSR count). The van der Waals surface area contributed by atoms with E-state index >= 15 is 0 Å². The van der Waals surface area contributed by atoms with Crippen molar-refractivity contribution in [2.45, 2.75) is 6.04 Å². The zero-order valence-corrected chi connectivity index (χ0v) is 11.2. The van der Waals surface area contributed by atoms with Crippen molar-refractivity contribution < 1.29 is 8.78 Å². The Kier molecular flexibility index (Phi) is 5.65. The first-order chi connectivity index (χ1) is 8.41. The number of nitrogens with two attached hydrogens (primary N) is 1. The zero-order valence-electron chi connectivity index (χ0n) is 11.2. The van der Waals surface area contributed by atoms with E-state index in [0.29, 0.717) is 6.54 Å². The summed E-state index contributed by atoms with van der Waals surface area (Å²) in [5.74, 6) is -1.69. The molecular weight excluding hydrogens is 236 g/mol. The van der Waals surface area contributed by atoms with Gasteiger partial charge in [0, 0.05) is 31.2 Å². The van der Waals surface area contributed by atoms with Gasteiger partial charge in [-0.15, -0.1) is 0 Å². The molecule has 0 amide bonds. The Hall–Kier alpha value is -1.04. The van der Waals surface area contributed by atoms with Crippen molar-refractivity contribution in [2.75, 3.05) is 40.8 Å². The molecule has 0 saturated heterocycles. The summed E-state index contributed by atoms with van der Waals surface area (Å²) in [6, 6.07) is 3.59. The van der Waals surface area contributed by atoms with E-state index in [1.54, 1.807) is 0 Å². The molecule has 102 valence electrons. The summed E-state index contributed by atoms with van der Waals surface area (Å²) in [6.45, 7) is 2.22. The highest BCUT2D eigenvalue weighted by Gasteiger charge is 2.16. The van der Waals surface area contributed by atoms with E-state index in [4.69, 9.17) is 5.73 Å². The summed E-state index contributed by atoms with van der Waals surface area (Å²) >= 11 is 0. The first-order valence-electron chi connectivity index (χ1n) is 5.94. The van der Waals surface area contributed by atoms with Gasteiger partial charge in [0.05, 0.1) is 0 Å². The molecule has 0 aliphatic carbocycles. The number of nitrogens with zero attached hydrogens (tertiary/aromatic N) is 2. The van der Waals surface area contributed by atoms with Crippen LogP contribution >= 0.6 is 0 Å². The average molecular weight is 257 g/mol. The molecule has 2 N–H and O–H groups in total. The van der Waals surface area contributed by atoms with Gasteiger partial charge in [0.25, 0.3) is 0 Å². The van der Waals surface area contributed by atoms with Crippen molar-refractivity contribution in [3.8, 4) is 0 Å². The molecule has 3 nitrogen and oxygen atoms in total. The van der Waals surface area contributed by atoms with Gasteiger partial charge in [-0.25, -0.2) is 8.78 Å². The van der Waals surface area contributed by atoms with Crippen molar-refractivity contribution >= 4 is 0 Å². The lowest BCUT2D eigenvalue weighted by Gasteiger charge is -2.23. The van der Waals surface area contributed by atoms with E-state index in [0.717, 1.165) is 19.2 Å². The number of halogens is 2. The normalized spacial score (nSPS) is 13.3. The van der Waals surface area contributed by atoms with E-state index in [-0.39, 0.29) is 5.56 Å². The topological polar surface area (TPSA) is 32.5 Å². The molecule has 0 fully saturated rings. The highest BCUT2D eigenvalue weighted by atomic mass is 19.2. The van der Waals surface area contributed by atoms with E-state index < -0.39 is 17.7 Å². The maximum Gasteiger partial charge on any atom is 0.163 e. The largest absolute Gasteiger partial charge is 0.323 e. The van der Waals surface area contributed by atoms with Crippen LogP contribution in [-0.2, 0) is 0 Å². The Morgan fingerprint density at radius 2 is 1.83 bits per heavy atom. The maximum atomic E-state index is 13.5. The van der Waals surface area contributed by atoms with Gasteiger partial charge in [-0.05, 0) is 27.2 Å². The fourth-order valence-corrected chi connectivity index (χ4v) is 1.70. The molecule has 0 saturated carbocycles. The van der Waals surface area contributed by atoms with Crippen LogP contribution < -0.4 is 5.73 Å². The second-order valence-electron chi connectivity index (χ2n) is 4.82. The second-order valence-corrected chi connectivity index (χ2v) is 4.82. The molecule has 0 aliphatic rings. The number of hydrogen-bond donors (Lipinski definition) is 1. The van der Waals surface area contributed by atoms with Gasteiger partial charge < -0.3 is 15.5 Å². The number of likely N-dealkylation sites (N-methyl/N-ethyl adjacent to an activating group) is 2. The first-order valence-corrected chi connectivity index (χ1v) is 5.94. The molecule has 0 bridgehead atoms. The molecule has 0 aliphatic heterocycles. The van der Waals surface area contributed by atoms with E-state index in [1.165, 1.54) is 12.1 Å². The SMILES string of the molecule is CN(C)CCN(C)CC(N)c1cccc(F)c1F. The van der Waals surface area contributed by atoms with Crippen molar-refractivity contribution in [2.24, 2.45) is 5.73 Å². The maximum absolute atomic E-state index is 13.5. The Balaban J connectivity index is 2.59. The molecule has 0 spiro atoms. The van der Waals surface area contributed by atoms with Crippen molar-refractivity contribution in [3.63, 3.8) is 0 Å². The highest BCUT2D eigenvalue weighted by molar-refractivity contribution is 5.22. The zero-order chi connectivity index (χ0) is 13.7. The summed E-state index contributed by atoms with van der Waals surface area (Å²) in [7, 11) is 5.89. The summed E-state index contributed by atoms with van der Waals surface area (Å²) in [5, 5.41) is 0. The summed E-state index contributed by atoms with van der Waals surface area (Å²) < 4.78 is 26.6. The van der Waals surface area contributed by atoms with Crippen LogP contribution in [0.4, 0.5) is 8.78 Å². The molecule has 1 aromatic carbocycles. The molecule has 0 radical (unpaired) electrons. The Labute approximate surface area is 107 Å². The minimum absolute atomic E-state index is 0.228. The van der Waals surface area contributed by atoms with E-state index in [1.807, 2.05) is 26.0 Å². The van der Waals surface area contributed by atoms with Crippen LogP contribution in [0, 0.1) is 11.6 Å². The fourth-order valence-electron chi connectivity index (χ4n) is 1.70. The Morgan fingerprint density at radius 1 is 1.17 bits per heavy atom. The molecule has 18 heavy (non-hydrogen) atoms. The predicted octanol–water partition coefficient (Wildman–Crippen LogP) is 1.46. The van der Waals surface area contributed by atoms with Crippen LogP contribution in [0.5, 0.6) is 0 Å². The van der Waals surface area contributed by atoms with Crippen LogP contribution in [0.15, 0.2) is 18.2 Å². The standard InChI is InChI=1S/C13H21F2N3/c1-17(2)7-8-18(3)9-12(16)10-5-4-6-11(14)13(10)15/h4-6,12H,7-9,16H2,1-3H3. The van der Waals surface area contributed by atoms with Crippen molar-refractivity contribution in [1.82, 2.24) is 9.80 Å². The summed E-state index contributed by atoms with van der Waals surface area (Å²) in [5.41, 5.74) is 6.14. The van der Waals surface area contributed by atoms with Gasteiger partial charge in [-0.1, -0.05) is 12.1 Å². The molecule has 0 aromatic heterocycles. The lowest BCUT2D eigenvalue weighted by Crippen LogP contribution is -2.34. The molecular formula is C13H21F2N3. The molecule has 0 heterocycles. The molecule has 1 unspecified atom stereocenters. The van der Waals surface area contributed by atoms with Gasteiger partial charge in [0.15, 0.2) is 11.6 Å². The summed E-state index contributed by atoms with van der Waals surface area (Å²) in [6.07, 6.45) is 0. The molecule has 5 heteroatoms. The molecule has 1 atom stereocenters. The van der Waals surface area contributed by atoms with Gasteiger partial charge in [0.2, 0.25) is 0 Å². The van der Waals surface area contributed by atoms with Gasteiger partial charge in [0.1, 0.15) is 0 Å². The van der Waals surface area contributed by atoms with Gasteiger partial charge in [-0.3, -0.25) is 0 Å². The average Bonchev–Trinajstić information content (AvgIpc) is 2.30. The van der Waals surface area contributed by atoms with Crippen LogP contribution in [0.1, 0.15) is 11.6 Å². The van der Waals surface area contributed by atoms with Crippen molar-refractivity contribution in [3.05, 3.63) is 35.4 Å². The van der Waals surface area contributed by atoms with Gasteiger partial charge in [-0.2, -0.15) is 0 Å². The highest BCUT2D eigenvalue weighted by Crippen LogP contribution is 2.18. The van der Waals surface area contributed by atoms with E-state index in [2.05, 4.69) is 4.90 Å². The first kappa shape index (κ1) is 15.0. The number of hydrogen-bond acceptors (Lipinski definition) is 3. The second kappa shape index (κ2) is 6.78. The Bertz CT molecular complexity index is 382. The monoisotopic (exact) mass is 257 g/mol. The third kappa shape index (κ3) is 4.33. The third-order valence-corrected chi connectivity index (χ3v) is 2.82. The van der Waals surface area contributed by atoms with Crippen LogP contribution in [-0.4, -0.2) is 50.6 Å².